The molecule has 0 aromatic heterocycles. The van der Waals surface area contributed by atoms with Crippen molar-refractivity contribution in [3.63, 3.8) is 0 Å². The molecule has 0 unspecified atom stereocenters. The van der Waals surface area contributed by atoms with E-state index in [1.165, 1.54) is 37.8 Å². The van der Waals surface area contributed by atoms with Crippen LogP contribution in [0.2, 0.25) is 0 Å². The van der Waals surface area contributed by atoms with Crippen LogP contribution in [0.5, 0.6) is 0 Å². The first-order valence-electron chi connectivity index (χ1n) is 5.44. The zero-order valence-corrected chi connectivity index (χ0v) is 8.60. The molecule has 1 fully saturated rings. The van der Waals surface area contributed by atoms with Crippen molar-refractivity contribution in [1.82, 2.24) is 0 Å². The van der Waals surface area contributed by atoms with Crippen LogP contribution >= 0.6 is 0 Å². The Morgan fingerprint density at radius 1 is 1.20 bits per heavy atom. The third kappa shape index (κ3) is 2.67. The molecule has 2 rings (SSSR count). The topological polar surface area (TPSA) is 12.0 Å². The fourth-order valence-electron chi connectivity index (χ4n) is 2.10. The highest BCUT2D eigenvalue weighted by Gasteiger charge is 2.15. The minimum absolute atomic E-state index is 0.406. The van der Waals surface area contributed by atoms with Gasteiger partial charge < -0.3 is 5.32 Å². The van der Waals surface area contributed by atoms with Gasteiger partial charge in [0, 0.05) is 12.6 Å². The van der Waals surface area contributed by atoms with Gasteiger partial charge in [-0.1, -0.05) is 12.8 Å². The maximum atomic E-state index is 13.2. The number of hydrogen-bond acceptors (Lipinski definition) is 1. The molecule has 1 nitrogen and oxygen atoms in total. The number of hydrogen-bond donors (Lipinski definition) is 1. The predicted molar refractivity (Wildman–Crippen MR) is 56.8 cm³/mol. The molecule has 1 N–H and O–H groups in total. The Kier molecular flexibility index (Phi) is 3.19. The summed E-state index contributed by atoms with van der Waals surface area (Å²) in [6.07, 6.45) is 4.99. The van der Waals surface area contributed by atoms with Crippen LogP contribution in [0, 0.1) is 17.6 Å². The minimum Gasteiger partial charge on any atom is -0.382 e. The van der Waals surface area contributed by atoms with Crippen LogP contribution in [0.15, 0.2) is 18.2 Å². The van der Waals surface area contributed by atoms with Gasteiger partial charge in [-0.15, -0.1) is 0 Å². The second-order valence-corrected chi connectivity index (χ2v) is 4.16. The Bertz CT molecular complexity index is 332. The smallest absolute Gasteiger partial charge is 0.149 e. The molecule has 0 saturated heterocycles. The molecule has 0 bridgehead atoms. The monoisotopic (exact) mass is 211 g/mol. The summed E-state index contributed by atoms with van der Waals surface area (Å²) < 4.78 is 25.8. The lowest BCUT2D eigenvalue weighted by atomic mass is 10.1. The average molecular weight is 211 g/mol. The van der Waals surface area contributed by atoms with E-state index >= 15 is 0 Å². The molecule has 1 saturated carbocycles. The Morgan fingerprint density at radius 2 is 1.93 bits per heavy atom. The SMILES string of the molecule is Fc1ccc(NCC2CCCC2)c(F)c1. The second kappa shape index (κ2) is 4.60. The summed E-state index contributed by atoms with van der Waals surface area (Å²) in [4.78, 5) is 0. The molecule has 0 heterocycles. The lowest BCUT2D eigenvalue weighted by Crippen LogP contribution is -2.11. The molecule has 3 heteroatoms. The number of rotatable bonds is 3. The molecular weight excluding hydrogens is 196 g/mol. The van der Waals surface area contributed by atoms with Gasteiger partial charge >= 0.3 is 0 Å². The maximum Gasteiger partial charge on any atom is 0.149 e. The standard InChI is InChI=1S/C12H15F2N/c13-10-5-6-12(11(14)7-10)15-8-9-3-1-2-4-9/h5-7,9,15H,1-4,8H2. The molecule has 1 aromatic rings. The molecule has 1 aliphatic carbocycles. The molecule has 0 radical (unpaired) electrons. The Balaban J connectivity index is 1.92. The van der Waals surface area contributed by atoms with Crippen molar-refractivity contribution in [3.8, 4) is 0 Å². The van der Waals surface area contributed by atoms with Gasteiger partial charge in [-0.25, -0.2) is 8.78 Å². The Morgan fingerprint density at radius 3 is 2.60 bits per heavy atom. The van der Waals surface area contributed by atoms with Crippen LogP contribution < -0.4 is 5.32 Å². The normalized spacial score (nSPS) is 16.9. The molecule has 0 aliphatic heterocycles. The predicted octanol–water partition coefficient (Wildman–Crippen LogP) is 3.57. The van der Waals surface area contributed by atoms with Crippen molar-refractivity contribution in [1.29, 1.82) is 0 Å². The second-order valence-electron chi connectivity index (χ2n) is 4.16. The summed E-state index contributed by atoms with van der Waals surface area (Å²) in [5.41, 5.74) is 0.406. The van der Waals surface area contributed by atoms with Crippen LogP contribution in [0.25, 0.3) is 0 Å². The van der Waals surface area contributed by atoms with Gasteiger partial charge in [0.1, 0.15) is 11.6 Å². The summed E-state index contributed by atoms with van der Waals surface area (Å²) in [5.74, 6) is -0.388. The van der Waals surface area contributed by atoms with E-state index in [0.717, 1.165) is 12.6 Å². The van der Waals surface area contributed by atoms with Crippen molar-refractivity contribution in [2.24, 2.45) is 5.92 Å². The molecule has 82 valence electrons. The molecule has 1 aromatic carbocycles. The van der Waals surface area contributed by atoms with E-state index < -0.39 is 11.6 Å². The van der Waals surface area contributed by atoms with Gasteiger partial charge in [-0.2, -0.15) is 0 Å². The van der Waals surface area contributed by atoms with Crippen molar-refractivity contribution >= 4 is 5.69 Å². The van der Waals surface area contributed by atoms with Gasteiger partial charge in [-0.3, -0.25) is 0 Å². The fraction of sp³-hybridized carbons (Fsp3) is 0.500. The van der Waals surface area contributed by atoms with Crippen molar-refractivity contribution in [2.45, 2.75) is 25.7 Å². The van der Waals surface area contributed by atoms with E-state index in [1.807, 2.05) is 0 Å². The van der Waals surface area contributed by atoms with E-state index in [9.17, 15) is 8.78 Å². The molecule has 15 heavy (non-hydrogen) atoms. The first kappa shape index (κ1) is 10.4. The van der Waals surface area contributed by atoms with E-state index in [-0.39, 0.29) is 0 Å². The van der Waals surface area contributed by atoms with Crippen molar-refractivity contribution < 1.29 is 8.78 Å². The summed E-state index contributed by atoms with van der Waals surface area (Å²) in [6.45, 7) is 0.794. The summed E-state index contributed by atoms with van der Waals surface area (Å²) in [5, 5.41) is 3.04. The highest BCUT2D eigenvalue weighted by molar-refractivity contribution is 5.44. The van der Waals surface area contributed by atoms with E-state index in [1.54, 1.807) is 0 Å². The molecular formula is C12H15F2N. The number of nitrogens with one attached hydrogen (secondary N) is 1. The molecule has 1 aliphatic rings. The van der Waals surface area contributed by atoms with Crippen molar-refractivity contribution in [2.75, 3.05) is 11.9 Å². The average Bonchev–Trinajstić information content (AvgIpc) is 2.69. The van der Waals surface area contributed by atoms with Gasteiger partial charge in [0.2, 0.25) is 0 Å². The quantitative estimate of drug-likeness (QED) is 0.806. The fourth-order valence-corrected chi connectivity index (χ4v) is 2.10. The zero-order valence-electron chi connectivity index (χ0n) is 8.60. The number of halogens is 2. The molecule has 0 atom stereocenters. The summed E-state index contributed by atoms with van der Waals surface area (Å²) in [7, 11) is 0. The Labute approximate surface area is 88.5 Å². The van der Waals surface area contributed by atoms with Crippen LogP contribution in [0.3, 0.4) is 0 Å². The highest BCUT2D eigenvalue weighted by atomic mass is 19.1. The maximum absolute atomic E-state index is 13.2. The van der Waals surface area contributed by atoms with Crippen LogP contribution in [-0.4, -0.2) is 6.54 Å². The first-order valence-corrected chi connectivity index (χ1v) is 5.44. The van der Waals surface area contributed by atoms with Crippen LogP contribution in [0.1, 0.15) is 25.7 Å². The summed E-state index contributed by atoms with van der Waals surface area (Å²) >= 11 is 0. The Hall–Kier alpha value is -1.12. The lowest BCUT2D eigenvalue weighted by molar-refractivity contribution is 0.566. The molecule has 0 spiro atoms. The van der Waals surface area contributed by atoms with E-state index in [0.29, 0.717) is 11.6 Å². The minimum atomic E-state index is -0.529. The number of anilines is 1. The van der Waals surface area contributed by atoms with Gasteiger partial charge in [0.15, 0.2) is 0 Å². The molecule has 0 amide bonds. The number of benzene rings is 1. The lowest BCUT2D eigenvalue weighted by Gasteiger charge is -2.12. The third-order valence-corrected chi connectivity index (χ3v) is 2.99. The zero-order chi connectivity index (χ0) is 10.7. The van der Waals surface area contributed by atoms with Crippen molar-refractivity contribution in [3.05, 3.63) is 29.8 Å². The van der Waals surface area contributed by atoms with Gasteiger partial charge in [0.25, 0.3) is 0 Å². The van der Waals surface area contributed by atoms with Gasteiger partial charge in [0.05, 0.1) is 5.69 Å². The van der Waals surface area contributed by atoms with Crippen LogP contribution in [-0.2, 0) is 0 Å². The van der Waals surface area contributed by atoms with Crippen LogP contribution in [0.4, 0.5) is 14.5 Å². The van der Waals surface area contributed by atoms with E-state index in [4.69, 9.17) is 0 Å². The third-order valence-electron chi connectivity index (χ3n) is 2.99. The van der Waals surface area contributed by atoms with E-state index in [2.05, 4.69) is 5.32 Å². The first-order chi connectivity index (χ1) is 7.25. The summed E-state index contributed by atoms with van der Waals surface area (Å²) in [6, 6.07) is 3.65. The van der Waals surface area contributed by atoms with Gasteiger partial charge in [-0.05, 0) is 30.9 Å². The largest absolute Gasteiger partial charge is 0.382 e. The highest BCUT2D eigenvalue weighted by Crippen LogP contribution is 2.25.